The Balaban J connectivity index is 1.74. The highest BCUT2D eigenvalue weighted by molar-refractivity contribution is 9.10. The summed E-state index contributed by atoms with van der Waals surface area (Å²) in [7, 11) is 0. The van der Waals surface area contributed by atoms with E-state index in [1.807, 2.05) is 4.57 Å². The summed E-state index contributed by atoms with van der Waals surface area (Å²) in [5, 5.41) is 22.1. The Kier molecular flexibility index (Phi) is 6.36. The molecular weight excluding hydrogens is 492 g/mol. The molecule has 1 amide bonds. The lowest BCUT2D eigenvalue weighted by atomic mass is 9.95. The predicted molar refractivity (Wildman–Crippen MR) is 123 cm³/mol. The molecule has 1 saturated heterocycles. The molecule has 1 fully saturated rings. The van der Waals surface area contributed by atoms with Crippen molar-refractivity contribution in [2.45, 2.75) is 19.0 Å². The summed E-state index contributed by atoms with van der Waals surface area (Å²) in [6.07, 6.45) is 5.66. The molecule has 0 radical (unpaired) electrons. The zero-order chi connectivity index (χ0) is 23.5. The van der Waals surface area contributed by atoms with Gasteiger partial charge in [0, 0.05) is 47.7 Å². The van der Waals surface area contributed by atoms with Crippen molar-refractivity contribution in [3.05, 3.63) is 98.5 Å². The number of likely N-dealkylation sites (tertiary alicyclic amines) is 1. The Bertz CT molecular complexity index is 1220. The van der Waals surface area contributed by atoms with Crippen molar-refractivity contribution in [2.24, 2.45) is 0 Å². The van der Waals surface area contributed by atoms with E-state index in [-0.39, 0.29) is 23.6 Å². The number of nitro benzene ring substituents is 1. The molecule has 0 unspecified atom stereocenters. The third-order valence-corrected chi connectivity index (χ3v) is 5.98. The normalized spacial score (nSPS) is 17.5. The zero-order valence-electron chi connectivity index (χ0n) is 17.3. The number of carbonyl (C=O) groups is 2. The number of aliphatic hydroxyl groups is 1. The van der Waals surface area contributed by atoms with E-state index in [0.717, 1.165) is 4.47 Å². The van der Waals surface area contributed by atoms with Crippen molar-refractivity contribution >= 4 is 39.1 Å². The molecule has 1 aliphatic heterocycles. The Morgan fingerprint density at radius 3 is 2.39 bits per heavy atom. The maximum Gasteiger partial charge on any atom is 0.295 e. The molecule has 168 valence electrons. The standard InChI is InChI=1S/C23H19BrN4O5/c24-17-6-2-16(3-7-17)21(29)19-20(15-4-8-18(9-5-15)28(32)33)27(23(31)22(19)30)12-1-11-26-13-10-25-14-26/h2-10,13-14,20,29H,1,11-12H2/t20-/m0/s1. The topological polar surface area (TPSA) is 119 Å². The van der Waals surface area contributed by atoms with Gasteiger partial charge in [0.05, 0.1) is 22.9 Å². The molecule has 0 spiro atoms. The molecule has 9 nitrogen and oxygen atoms in total. The van der Waals surface area contributed by atoms with Crippen LogP contribution in [0.1, 0.15) is 23.6 Å². The summed E-state index contributed by atoms with van der Waals surface area (Å²) in [5.41, 5.74) is 0.741. The van der Waals surface area contributed by atoms with E-state index in [0.29, 0.717) is 24.1 Å². The van der Waals surface area contributed by atoms with Gasteiger partial charge in [-0.25, -0.2) is 4.98 Å². The van der Waals surface area contributed by atoms with E-state index < -0.39 is 22.7 Å². The fourth-order valence-electron chi connectivity index (χ4n) is 3.84. The van der Waals surface area contributed by atoms with E-state index in [4.69, 9.17) is 0 Å². The summed E-state index contributed by atoms with van der Waals surface area (Å²) in [5.74, 6) is -1.80. The smallest absolute Gasteiger partial charge is 0.295 e. The number of ketones is 1. The van der Waals surface area contributed by atoms with Crippen molar-refractivity contribution in [2.75, 3.05) is 6.54 Å². The minimum Gasteiger partial charge on any atom is -0.507 e. The quantitative estimate of drug-likeness (QED) is 0.168. The van der Waals surface area contributed by atoms with Gasteiger partial charge in [-0.05, 0) is 36.2 Å². The molecule has 33 heavy (non-hydrogen) atoms. The van der Waals surface area contributed by atoms with Crippen molar-refractivity contribution < 1.29 is 19.6 Å². The molecule has 1 atom stereocenters. The molecule has 1 aromatic heterocycles. The number of Topliss-reactive ketones (excluding diaryl/α,β-unsaturated/α-hetero) is 1. The van der Waals surface area contributed by atoms with E-state index in [1.165, 1.54) is 29.2 Å². The number of hydrogen-bond acceptors (Lipinski definition) is 6. The highest BCUT2D eigenvalue weighted by Gasteiger charge is 2.45. The number of amides is 1. The number of aromatic nitrogens is 2. The van der Waals surface area contributed by atoms with Gasteiger partial charge in [-0.3, -0.25) is 19.7 Å². The van der Waals surface area contributed by atoms with Crippen LogP contribution >= 0.6 is 15.9 Å². The minimum atomic E-state index is -0.864. The number of aliphatic hydroxyl groups excluding tert-OH is 1. The average molecular weight is 511 g/mol. The van der Waals surface area contributed by atoms with Crippen molar-refractivity contribution in [3.8, 4) is 0 Å². The third kappa shape index (κ3) is 4.56. The van der Waals surface area contributed by atoms with Gasteiger partial charge in [0.1, 0.15) is 5.76 Å². The lowest BCUT2D eigenvalue weighted by molar-refractivity contribution is -0.384. The summed E-state index contributed by atoms with van der Waals surface area (Å²) >= 11 is 3.33. The van der Waals surface area contributed by atoms with Crippen LogP contribution in [0, 0.1) is 10.1 Å². The van der Waals surface area contributed by atoms with E-state index >= 15 is 0 Å². The number of halogens is 1. The maximum atomic E-state index is 13.0. The molecule has 2 heterocycles. The van der Waals surface area contributed by atoms with Gasteiger partial charge < -0.3 is 14.6 Å². The molecule has 3 aromatic rings. The molecule has 0 saturated carbocycles. The Hall–Kier alpha value is -3.79. The monoisotopic (exact) mass is 510 g/mol. The molecule has 2 aromatic carbocycles. The van der Waals surface area contributed by atoms with Crippen LogP contribution in [0.2, 0.25) is 0 Å². The predicted octanol–water partition coefficient (Wildman–Crippen LogP) is 4.07. The maximum absolute atomic E-state index is 13.0. The number of nitrogens with zero attached hydrogens (tertiary/aromatic N) is 4. The van der Waals surface area contributed by atoms with E-state index in [2.05, 4.69) is 20.9 Å². The third-order valence-electron chi connectivity index (χ3n) is 5.45. The van der Waals surface area contributed by atoms with Crippen LogP contribution < -0.4 is 0 Å². The van der Waals surface area contributed by atoms with Gasteiger partial charge in [0.2, 0.25) is 0 Å². The highest BCUT2D eigenvalue weighted by atomic mass is 79.9. The minimum absolute atomic E-state index is 0.0428. The SMILES string of the molecule is O=C1C(=O)N(CCCn2ccnc2)[C@@H](c2ccc([N+](=O)[O-])cc2)C1=C(O)c1ccc(Br)cc1. The average Bonchev–Trinajstić information content (AvgIpc) is 3.41. The van der Waals surface area contributed by atoms with Gasteiger partial charge >= 0.3 is 0 Å². The first-order valence-corrected chi connectivity index (χ1v) is 10.9. The number of rotatable bonds is 7. The second-order valence-electron chi connectivity index (χ2n) is 7.50. The molecule has 0 aliphatic carbocycles. The first-order valence-electron chi connectivity index (χ1n) is 10.1. The van der Waals surface area contributed by atoms with Gasteiger partial charge in [0.25, 0.3) is 17.4 Å². The molecule has 4 rings (SSSR count). The summed E-state index contributed by atoms with van der Waals surface area (Å²) in [4.78, 5) is 41.9. The van der Waals surface area contributed by atoms with E-state index in [1.54, 1.807) is 43.0 Å². The second-order valence-corrected chi connectivity index (χ2v) is 8.42. The number of aryl methyl sites for hydroxylation is 1. The molecule has 0 bridgehead atoms. The van der Waals surface area contributed by atoms with Crippen LogP contribution in [0.3, 0.4) is 0 Å². The number of nitro groups is 1. The molecule has 1 aliphatic rings. The largest absolute Gasteiger partial charge is 0.507 e. The first kappa shape index (κ1) is 22.4. The van der Waals surface area contributed by atoms with Crippen LogP contribution in [0.5, 0.6) is 0 Å². The van der Waals surface area contributed by atoms with Crippen LogP contribution in [0.4, 0.5) is 5.69 Å². The van der Waals surface area contributed by atoms with Crippen LogP contribution in [-0.4, -0.2) is 42.7 Å². The Labute approximate surface area is 197 Å². The van der Waals surface area contributed by atoms with Gasteiger partial charge in [-0.1, -0.05) is 28.1 Å². The van der Waals surface area contributed by atoms with Crippen molar-refractivity contribution in [3.63, 3.8) is 0 Å². The fraction of sp³-hybridized carbons (Fsp3) is 0.174. The number of carbonyl (C=O) groups excluding carboxylic acids is 2. The Morgan fingerprint density at radius 2 is 1.79 bits per heavy atom. The van der Waals surface area contributed by atoms with Crippen LogP contribution in [0.25, 0.3) is 5.76 Å². The number of hydrogen-bond donors (Lipinski definition) is 1. The van der Waals surface area contributed by atoms with Gasteiger partial charge in [-0.15, -0.1) is 0 Å². The highest BCUT2D eigenvalue weighted by Crippen LogP contribution is 2.40. The van der Waals surface area contributed by atoms with Gasteiger partial charge in [-0.2, -0.15) is 0 Å². The fourth-order valence-corrected chi connectivity index (χ4v) is 4.11. The summed E-state index contributed by atoms with van der Waals surface area (Å²) in [6.45, 7) is 0.838. The Morgan fingerprint density at radius 1 is 1.09 bits per heavy atom. The van der Waals surface area contributed by atoms with Gasteiger partial charge in [0.15, 0.2) is 0 Å². The van der Waals surface area contributed by atoms with Crippen LogP contribution in [0.15, 0.2) is 77.3 Å². The molecule has 10 heteroatoms. The lowest BCUT2D eigenvalue weighted by Crippen LogP contribution is -2.31. The molecule has 1 N–H and O–H groups in total. The van der Waals surface area contributed by atoms with Crippen molar-refractivity contribution in [1.82, 2.24) is 14.5 Å². The van der Waals surface area contributed by atoms with Crippen LogP contribution in [-0.2, 0) is 16.1 Å². The number of benzene rings is 2. The first-order chi connectivity index (χ1) is 15.9. The number of non-ortho nitro benzene ring substituents is 1. The van der Waals surface area contributed by atoms with Crippen molar-refractivity contribution in [1.29, 1.82) is 0 Å². The summed E-state index contributed by atoms with van der Waals surface area (Å²) < 4.78 is 2.66. The summed E-state index contributed by atoms with van der Waals surface area (Å²) in [6, 6.07) is 11.5. The molecular formula is C23H19BrN4O5. The zero-order valence-corrected chi connectivity index (χ0v) is 18.9. The second kappa shape index (κ2) is 9.37. The lowest BCUT2D eigenvalue weighted by Gasteiger charge is -2.25. The number of imidazole rings is 1. The van der Waals surface area contributed by atoms with E-state index in [9.17, 15) is 24.8 Å².